The molecule has 2 fully saturated rings. The van der Waals surface area contributed by atoms with Gasteiger partial charge >= 0.3 is 5.97 Å². The minimum Gasteiger partial charge on any atom is -0.492 e. The number of para-hydroxylation sites is 1. The van der Waals surface area contributed by atoms with Crippen LogP contribution in [0.2, 0.25) is 0 Å². The number of piperidine rings is 1. The summed E-state index contributed by atoms with van der Waals surface area (Å²) in [5.41, 5.74) is 2.99. The lowest BCUT2D eigenvalue weighted by Crippen LogP contribution is -2.51. The van der Waals surface area contributed by atoms with Crippen LogP contribution in [-0.4, -0.2) is 79.1 Å². The summed E-state index contributed by atoms with van der Waals surface area (Å²) in [7, 11) is 0. The molecular weight excluding hydrogens is 550 g/mol. The summed E-state index contributed by atoms with van der Waals surface area (Å²) < 4.78 is 16.7. The quantitative estimate of drug-likeness (QED) is 0.293. The fraction of sp³-hybridized carbons (Fsp3) is 0.364. The number of nitrogens with zero attached hydrogens (tertiary/aromatic N) is 1. The number of hydrogen-bond donors (Lipinski definition) is 3. The van der Waals surface area contributed by atoms with Crippen molar-refractivity contribution in [2.24, 2.45) is 0 Å². The van der Waals surface area contributed by atoms with Crippen molar-refractivity contribution >= 4 is 23.5 Å². The highest BCUT2D eigenvalue weighted by Crippen LogP contribution is 2.28. The van der Waals surface area contributed by atoms with E-state index in [1.165, 1.54) is 19.3 Å². The van der Waals surface area contributed by atoms with Gasteiger partial charge in [0.05, 0.1) is 0 Å². The van der Waals surface area contributed by atoms with E-state index in [4.69, 9.17) is 14.2 Å². The Morgan fingerprint density at radius 2 is 1.53 bits per heavy atom. The van der Waals surface area contributed by atoms with Crippen LogP contribution in [0.1, 0.15) is 24.8 Å². The third kappa shape index (κ3) is 8.19. The summed E-state index contributed by atoms with van der Waals surface area (Å²) in [5.74, 6) is -1.80. The second-order valence-corrected chi connectivity index (χ2v) is 10.7. The van der Waals surface area contributed by atoms with Gasteiger partial charge in [-0.15, -0.1) is 0 Å². The van der Waals surface area contributed by atoms with Crippen LogP contribution in [0.25, 0.3) is 11.1 Å². The molecule has 2 saturated heterocycles. The molecular formula is C33H37N3O7. The second-order valence-electron chi connectivity index (χ2n) is 10.7. The van der Waals surface area contributed by atoms with Crippen LogP contribution in [0.3, 0.4) is 0 Å². The van der Waals surface area contributed by atoms with E-state index in [1.807, 2.05) is 42.5 Å². The third-order valence-corrected chi connectivity index (χ3v) is 7.66. The van der Waals surface area contributed by atoms with Gasteiger partial charge in [-0.05, 0) is 55.3 Å². The molecule has 3 aromatic carbocycles. The van der Waals surface area contributed by atoms with Crippen molar-refractivity contribution in [2.75, 3.05) is 38.4 Å². The van der Waals surface area contributed by atoms with Crippen molar-refractivity contribution in [3.05, 3.63) is 84.4 Å². The number of carbonyl (C=O) groups excluding carboxylic acids is 2. The van der Waals surface area contributed by atoms with Crippen molar-refractivity contribution < 1.29 is 33.7 Å². The average Bonchev–Trinajstić information content (AvgIpc) is 3.53. The molecule has 5 rings (SSSR count). The number of carboxylic acids is 1. The molecule has 2 heterocycles. The van der Waals surface area contributed by atoms with Crippen molar-refractivity contribution in [1.82, 2.24) is 10.2 Å². The first-order valence-electron chi connectivity index (χ1n) is 14.6. The third-order valence-electron chi connectivity index (χ3n) is 7.66. The fourth-order valence-electron chi connectivity index (χ4n) is 5.34. The number of ether oxygens (including phenoxy) is 3. The molecule has 0 bridgehead atoms. The maximum Gasteiger partial charge on any atom is 0.326 e. The van der Waals surface area contributed by atoms with Crippen molar-refractivity contribution in [1.29, 1.82) is 0 Å². The van der Waals surface area contributed by atoms with E-state index < -0.39 is 36.0 Å². The highest BCUT2D eigenvalue weighted by Gasteiger charge is 2.42. The topological polar surface area (TPSA) is 126 Å². The van der Waals surface area contributed by atoms with Crippen LogP contribution in [0, 0.1) is 0 Å². The average molecular weight is 588 g/mol. The Labute approximate surface area is 250 Å². The van der Waals surface area contributed by atoms with Gasteiger partial charge in [-0.1, -0.05) is 67.1 Å². The predicted octanol–water partition coefficient (Wildman–Crippen LogP) is 3.71. The molecule has 2 aliphatic heterocycles. The van der Waals surface area contributed by atoms with Crippen LogP contribution in [0.15, 0.2) is 78.9 Å². The number of rotatable bonds is 12. The zero-order valence-corrected chi connectivity index (χ0v) is 23.9. The Kier molecular flexibility index (Phi) is 10.4. The van der Waals surface area contributed by atoms with Crippen LogP contribution in [0.4, 0.5) is 5.69 Å². The first-order valence-corrected chi connectivity index (χ1v) is 14.6. The first kappa shape index (κ1) is 30.2. The van der Waals surface area contributed by atoms with Gasteiger partial charge in [-0.3, -0.25) is 14.5 Å². The monoisotopic (exact) mass is 587 g/mol. The van der Waals surface area contributed by atoms with E-state index in [1.54, 1.807) is 36.4 Å². The molecule has 2 aliphatic rings. The number of benzene rings is 3. The molecule has 2 amide bonds. The number of amides is 2. The van der Waals surface area contributed by atoms with Crippen molar-refractivity contribution in [3.8, 4) is 16.9 Å². The van der Waals surface area contributed by atoms with Gasteiger partial charge in [0.2, 0.25) is 0 Å². The number of nitrogens with one attached hydrogen (secondary N) is 2. The van der Waals surface area contributed by atoms with Gasteiger partial charge in [0.25, 0.3) is 11.8 Å². The number of hydrogen-bond acceptors (Lipinski definition) is 7. The van der Waals surface area contributed by atoms with Crippen LogP contribution >= 0.6 is 0 Å². The maximum atomic E-state index is 13.2. The van der Waals surface area contributed by atoms with Gasteiger partial charge in [-0.25, -0.2) is 4.79 Å². The molecule has 0 aliphatic carbocycles. The lowest BCUT2D eigenvalue weighted by Gasteiger charge is -2.26. The summed E-state index contributed by atoms with van der Waals surface area (Å²) in [6, 6.07) is 22.8. The molecule has 0 aromatic heterocycles. The molecule has 0 radical (unpaired) electrons. The lowest BCUT2D eigenvalue weighted by atomic mass is 10.0. The second kappa shape index (κ2) is 14.8. The Hall–Kier alpha value is -4.25. The molecule has 3 unspecified atom stereocenters. The minimum absolute atomic E-state index is 0.0457. The molecule has 0 spiro atoms. The maximum absolute atomic E-state index is 13.2. The van der Waals surface area contributed by atoms with Gasteiger partial charge in [0.1, 0.15) is 25.2 Å². The Bertz CT molecular complexity index is 1380. The van der Waals surface area contributed by atoms with Crippen molar-refractivity contribution in [2.45, 2.75) is 43.9 Å². The van der Waals surface area contributed by atoms with E-state index >= 15 is 0 Å². The molecule has 3 atom stereocenters. The minimum atomic E-state index is -1.30. The molecule has 3 N–H and O–H groups in total. The van der Waals surface area contributed by atoms with Gasteiger partial charge < -0.3 is 30.0 Å². The first-order chi connectivity index (χ1) is 21.0. The van der Waals surface area contributed by atoms with Gasteiger partial charge in [0.15, 0.2) is 12.2 Å². The van der Waals surface area contributed by atoms with E-state index in [9.17, 15) is 19.5 Å². The van der Waals surface area contributed by atoms with E-state index in [2.05, 4.69) is 15.5 Å². The lowest BCUT2D eigenvalue weighted by molar-refractivity contribution is -0.144. The largest absolute Gasteiger partial charge is 0.492 e. The summed E-state index contributed by atoms with van der Waals surface area (Å²) in [4.78, 5) is 40.8. The van der Waals surface area contributed by atoms with Gasteiger partial charge in [0, 0.05) is 24.2 Å². The number of carboxylic acid groups (broad SMARTS) is 1. The molecule has 226 valence electrons. The number of carbonyl (C=O) groups is 3. The smallest absolute Gasteiger partial charge is 0.326 e. The highest BCUT2D eigenvalue weighted by molar-refractivity contribution is 6.01. The standard InChI is InChI=1S/C33H37N3O7/c37-31(34-27-12-6-5-11-26(27)24-9-3-1-4-10-24)29-30(43-22-42-29)32(38)35-28(33(39)40)21-23-13-15-25(16-14-23)41-20-19-36-17-7-2-8-18-36/h1,3-6,9-16,28-30H,2,7-8,17-22H2,(H,34,37)(H,35,38)(H,39,40). The Morgan fingerprint density at radius 1 is 0.860 bits per heavy atom. The fourth-order valence-corrected chi connectivity index (χ4v) is 5.34. The van der Waals surface area contributed by atoms with Crippen LogP contribution in [-0.2, 0) is 30.3 Å². The summed E-state index contributed by atoms with van der Waals surface area (Å²) in [6.07, 6.45) is 1.24. The zero-order chi connectivity index (χ0) is 30.0. The molecule has 10 heteroatoms. The normalized spacial score (nSPS) is 19.3. The van der Waals surface area contributed by atoms with Crippen molar-refractivity contribution in [3.63, 3.8) is 0 Å². The molecule has 3 aromatic rings. The highest BCUT2D eigenvalue weighted by atomic mass is 16.7. The number of aliphatic carboxylic acids is 1. The summed E-state index contributed by atoms with van der Waals surface area (Å²) >= 11 is 0. The zero-order valence-electron chi connectivity index (χ0n) is 23.9. The van der Waals surface area contributed by atoms with Crippen LogP contribution in [0.5, 0.6) is 5.75 Å². The summed E-state index contributed by atoms with van der Waals surface area (Å²) in [6.45, 7) is 3.41. The molecule has 43 heavy (non-hydrogen) atoms. The van der Waals surface area contributed by atoms with Crippen LogP contribution < -0.4 is 15.4 Å². The predicted molar refractivity (Wildman–Crippen MR) is 161 cm³/mol. The molecule has 0 saturated carbocycles. The Balaban J connectivity index is 1.16. The summed E-state index contributed by atoms with van der Waals surface area (Å²) in [5, 5.41) is 15.2. The number of likely N-dealkylation sites (tertiary alicyclic amines) is 1. The van der Waals surface area contributed by atoms with E-state index in [0.29, 0.717) is 23.6 Å². The Morgan fingerprint density at radius 3 is 2.26 bits per heavy atom. The molecule has 10 nitrogen and oxygen atoms in total. The SMILES string of the molecule is O=C(O)C(Cc1ccc(OCCN2CCCCC2)cc1)NC(=O)C1OCOC1C(=O)Nc1ccccc1-c1ccccc1. The van der Waals surface area contributed by atoms with E-state index in [-0.39, 0.29) is 13.2 Å². The van der Waals surface area contributed by atoms with E-state index in [0.717, 1.165) is 30.8 Å². The number of anilines is 1. The van der Waals surface area contributed by atoms with Gasteiger partial charge in [-0.2, -0.15) is 0 Å².